The maximum absolute atomic E-state index is 12.7. The van der Waals surface area contributed by atoms with Gasteiger partial charge in [-0.05, 0) is 18.1 Å². The highest BCUT2D eigenvalue weighted by Crippen LogP contribution is 2.32. The van der Waals surface area contributed by atoms with E-state index >= 15 is 0 Å². The van der Waals surface area contributed by atoms with E-state index in [0.29, 0.717) is 18.2 Å². The summed E-state index contributed by atoms with van der Waals surface area (Å²) in [5.74, 6) is 0.507. The summed E-state index contributed by atoms with van der Waals surface area (Å²) in [4.78, 5) is 20.5. The van der Waals surface area contributed by atoms with Crippen molar-refractivity contribution in [3.63, 3.8) is 0 Å². The Hall–Kier alpha value is -1.83. The maximum atomic E-state index is 12.7. The largest absolute Gasteiger partial charge is 0.416 e. The van der Waals surface area contributed by atoms with Crippen LogP contribution in [-0.4, -0.2) is 15.8 Å². The molecule has 0 aromatic heterocycles. The molecule has 0 saturated heterocycles. The van der Waals surface area contributed by atoms with Crippen LogP contribution >= 0.6 is 11.8 Å². The summed E-state index contributed by atoms with van der Waals surface area (Å²) in [6.45, 7) is 1.42. The van der Waals surface area contributed by atoms with Crippen LogP contribution in [0.3, 0.4) is 0 Å². The van der Waals surface area contributed by atoms with E-state index in [1.165, 1.54) is 13.0 Å². The van der Waals surface area contributed by atoms with E-state index in [1.807, 2.05) is 0 Å². The van der Waals surface area contributed by atoms with Crippen LogP contribution in [-0.2, 0) is 11.0 Å². The predicted octanol–water partition coefficient (Wildman–Crippen LogP) is 4.30. The minimum absolute atomic E-state index is 0.0434. The first-order valence-corrected chi connectivity index (χ1v) is 6.85. The first-order chi connectivity index (χ1) is 9.70. The molecule has 0 radical (unpaired) electrons. The molecule has 1 aromatic rings. The highest BCUT2D eigenvalue weighted by Gasteiger charge is 2.32. The molecule has 0 amide bonds. The van der Waals surface area contributed by atoms with Crippen LogP contribution < -0.4 is 0 Å². The lowest BCUT2D eigenvalue weighted by Crippen LogP contribution is -2.06. The number of non-ortho nitro benzene ring substituents is 1. The van der Waals surface area contributed by atoms with Crippen molar-refractivity contribution in [1.82, 2.24) is 0 Å². The summed E-state index contributed by atoms with van der Waals surface area (Å²) in [7, 11) is 0. The molecule has 114 valence electrons. The van der Waals surface area contributed by atoms with Gasteiger partial charge >= 0.3 is 6.18 Å². The van der Waals surface area contributed by atoms with Gasteiger partial charge in [-0.3, -0.25) is 14.9 Å². The minimum atomic E-state index is -4.64. The molecule has 0 N–H and O–H groups in total. The number of benzene rings is 1. The van der Waals surface area contributed by atoms with Gasteiger partial charge in [-0.2, -0.15) is 13.2 Å². The molecule has 4 nitrogen and oxygen atoms in total. The Bertz CT molecular complexity index is 570. The summed E-state index contributed by atoms with van der Waals surface area (Å²) in [5, 5.41) is 10.6. The van der Waals surface area contributed by atoms with Crippen molar-refractivity contribution in [2.75, 3.05) is 5.75 Å². The summed E-state index contributed by atoms with van der Waals surface area (Å²) >= 11 is 1.10. The topological polar surface area (TPSA) is 60.2 Å². The van der Waals surface area contributed by atoms with E-state index in [-0.39, 0.29) is 10.7 Å². The Morgan fingerprint density at radius 2 is 2.05 bits per heavy atom. The number of nitrogens with zero attached hydrogens (tertiary/aromatic N) is 1. The first-order valence-electron chi connectivity index (χ1n) is 5.86. The second kappa shape index (κ2) is 7.26. The van der Waals surface area contributed by atoms with Gasteiger partial charge in [0.15, 0.2) is 5.12 Å². The molecule has 21 heavy (non-hydrogen) atoms. The molecule has 0 heterocycles. The fraction of sp³-hybridized carbons (Fsp3) is 0.308. The number of alkyl halides is 3. The molecule has 0 fully saturated rings. The van der Waals surface area contributed by atoms with Crippen LogP contribution in [0.4, 0.5) is 18.9 Å². The SMILES string of the molecule is CC(=O)SCCC=Cc1cc([N+](=O)[O-])cc(C(F)(F)F)c1. The zero-order valence-electron chi connectivity index (χ0n) is 11.0. The molecular formula is C13H12F3NO3S. The second-order valence-corrected chi connectivity index (χ2v) is 5.37. The number of halogens is 3. The second-order valence-electron chi connectivity index (χ2n) is 4.10. The maximum Gasteiger partial charge on any atom is 0.416 e. The third-order valence-corrected chi connectivity index (χ3v) is 3.22. The van der Waals surface area contributed by atoms with Gasteiger partial charge in [0.05, 0.1) is 10.5 Å². The molecule has 0 aliphatic rings. The van der Waals surface area contributed by atoms with Crippen LogP contribution in [0.5, 0.6) is 0 Å². The van der Waals surface area contributed by atoms with E-state index < -0.39 is 22.4 Å². The van der Waals surface area contributed by atoms with Gasteiger partial charge in [-0.1, -0.05) is 23.9 Å². The molecule has 0 atom stereocenters. The Balaban J connectivity index is 2.91. The van der Waals surface area contributed by atoms with Crippen molar-refractivity contribution in [2.24, 2.45) is 0 Å². The number of nitro benzene ring substituents is 1. The highest BCUT2D eigenvalue weighted by atomic mass is 32.2. The van der Waals surface area contributed by atoms with Gasteiger partial charge in [-0.25, -0.2) is 0 Å². The third-order valence-electron chi connectivity index (χ3n) is 2.38. The van der Waals surface area contributed by atoms with Gasteiger partial charge in [0.1, 0.15) is 0 Å². The lowest BCUT2D eigenvalue weighted by molar-refractivity contribution is -0.385. The number of rotatable bonds is 5. The summed E-state index contributed by atoms with van der Waals surface area (Å²) < 4.78 is 38.0. The van der Waals surface area contributed by atoms with Crippen molar-refractivity contribution in [3.05, 3.63) is 45.5 Å². The minimum Gasteiger partial charge on any atom is -0.288 e. The van der Waals surface area contributed by atoms with E-state index in [0.717, 1.165) is 23.9 Å². The Labute approximate surface area is 123 Å². The van der Waals surface area contributed by atoms with E-state index in [1.54, 1.807) is 6.08 Å². The van der Waals surface area contributed by atoms with Gasteiger partial charge in [0, 0.05) is 24.8 Å². The standard InChI is InChI=1S/C13H12F3NO3S/c1-9(18)21-5-3-2-4-10-6-11(13(14,15)16)8-12(7-10)17(19)20/h2,4,6-8H,3,5H2,1H3. The molecule has 1 aromatic carbocycles. The van der Waals surface area contributed by atoms with Gasteiger partial charge in [0.2, 0.25) is 0 Å². The molecule has 0 bridgehead atoms. The zero-order valence-corrected chi connectivity index (χ0v) is 11.8. The number of nitro groups is 1. The fourth-order valence-corrected chi connectivity index (χ4v) is 2.03. The van der Waals surface area contributed by atoms with Crippen molar-refractivity contribution < 1.29 is 22.9 Å². The molecule has 0 saturated carbocycles. The number of carbonyl (C=O) groups excluding carboxylic acids is 1. The Morgan fingerprint density at radius 1 is 1.38 bits per heavy atom. The number of carbonyl (C=O) groups is 1. The summed E-state index contributed by atoms with van der Waals surface area (Å²) in [6, 6.07) is 2.43. The third kappa shape index (κ3) is 5.99. The smallest absolute Gasteiger partial charge is 0.288 e. The van der Waals surface area contributed by atoms with Crippen LogP contribution in [0, 0.1) is 10.1 Å². The van der Waals surface area contributed by atoms with Crippen molar-refractivity contribution in [2.45, 2.75) is 19.5 Å². The molecule has 8 heteroatoms. The number of allylic oxidation sites excluding steroid dienone is 1. The van der Waals surface area contributed by atoms with E-state index in [9.17, 15) is 28.1 Å². The van der Waals surface area contributed by atoms with Crippen molar-refractivity contribution >= 4 is 28.6 Å². The van der Waals surface area contributed by atoms with Crippen molar-refractivity contribution in [3.8, 4) is 0 Å². The van der Waals surface area contributed by atoms with E-state index in [4.69, 9.17) is 0 Å². The summed E-state index contributed by atoms with van der Waals surface area (Å²) in [5.41, 5.74) is -1.57. The molecular weight excluding hydrogens is 307 g/mol. The number of hydrogen-bond donors (Lipinski definition) is 0. The van der Waals surface area contributed by atoms with Crippen LogP contribution in [0.15, 0.2) is 24.3 Å². The molecule has 0 aliphatic carbocycles. The average molecular weight is 319 g/mol. The monoisotopic (exact) mass is 319 g/mol. The lowest BCUT2D eigenvalue weighted by Gasteiger charge is -2.07. The Kier molecular flexibility index (Phi) is 5.95. The normalized spacial score (nSPS) is 11.8. The average Bonchev–Trinajstić information content (AvgIpc) is 2.36. The van der Waals surface area contributed by atoms with Crippen LogP contribution in [0.1, 0.15) is 24.5 Å². The zero-order chi connectivity index (χ0) is 16.0. The molecule has 0 aliphatic heterocycles. The lowest BCUT2D eigenvalue weighted by atomic mass is 10.1. The molecule has 0 spiro atoms. The van der Waals surface area contributed by atoms with Gasteiger partial charge in [-0.15, -0.1) is 0 Å². The first kappa shape index (κ1) is 17.2. The van der Waals surface area contributed by atoms with Crippen molar-refractivity contribution in [1.29, 1.82) is 0 Å². The van der Waals surface area contributed by atoms with E-state index in [2.05, 4.69) is 0 Å². The molecule has 1 rings (SSSR count). The number of thioether (sulfide) groups is 1. The summed E-state index contributed by atoms with van der Waals surface area (Å²) in [6.07, 6.45) is -1.20. The van der Waals surface area contributed by atoms with Crippen LogP contribution in [0.2, 0.25) is 0 Å². The van der Waals surface area contributed by atoms with Crippen LogP contribution in [0.25, 0.3) is 6.08 Å². The Morgan fingerprint density at radius 3 is 2.57 bits per heavy atom. The quantitative estimate of drug-likeness (QED) is 0.461. The van der Waals surface area contributed by atoms with Gasteiger partial charge in [0.25, 0.3) is 5.69 Å². The highest BCUT2D eigenvalue weighted by molar-refractivity contribution is 8.13. The molecule has 0 unspecified atom stereocenters. The van der Waals surface area contributed by atoms with Gasteiger partial charge < -0.3 is 0 Å². The number of hydrogen-bond acceptors (Lipinski definition) is 4. The predicted molar refractivity (Wildman–Crippen MR) is 74.9 cm³/mol. The fourth-order valence-electron chi connectivity index (χ4n) is 1.49.